The summed E-state index contributed by atoms with van der Waals surface area (Å²) < 4.78 is 1.67. The Morgan fingerprint density at radius 3 is 2.73 bits per heavy atom. The lowest BCUT2D eigenvalue weighted by Crippen LogP contribution is -2.46. The summed E-state index contributed by atoms with van der Waals surface area (Å²) in [6, 6.07) is 10.4. The third-order valence-corrected chi connectivity index (χ3v) is 5.62. The molecule has 2 aliphatic rings. The van der Waals surface area contributed by atoms with Crippen molar-refractivity contribution < 1.29 is 4.79 Å². The van der Waals surface area contributed by atoms with Gasteiger partial charge in [-0.3, -0.25) is 9.69 Å². The fourth-order valence-corrected chi connectivity index (χ4v) is 4.22. The zero-order chi connectivity index (χ0) is 17.8. The van der Waals surface area contributed by atoms with Crippen molar-refractivity contribution in [3.63, 3.8) is 0 Å². The van der Waals surface area contributed by atoms with Gasteiger partial charge in [0.2, 0.25) is 5.91 Å². The van der Waals surface area contributed by atoms with Crippen LogP contribution < -0.4 is 5.32 Å². The Hall–Kier alpha value is -2.28. The standard InChI is InChI=1S/C19H26N6O/c26-19(15-7-6-12-24(14-15)16-8-4-5-9-16)20-13-18-21-22-23-25(18)17-10-2-1-3-11-17/h1-3,10-11,15-16H,4-9,12-14H2,(H,20,26)/t15-/m0/s1. The van der Waals surface area contributed by atoms with E-state index in [-0.39, 0.29) is 11.8 Å². The minimum atomic E-state index is 0.0744. The van der Waals surface area contributed by atoms with Gasteiger partial charge in [-0.05, 0) is 54.8 Å². The smallest absolute Gasteiger partial charge is 0.224 e. The average molecular weight is 354 g/mol. The Bertz CT molecular complexity index is 725. The number of piperidine rings is 1. The number of tetrazole rings is 1. The van der Waals surface area contributed by atoms with Gasteiger partial charge in [0, 0.05) is 12.6 Å². The molecule has 1 saturated heterocycles. The van der Waals surface area contributed by atoms with Crippen LogP contribution >= 0.6 is 0 Å². The predicted molar refractivity (Wildman–Crippen MR) is 97.6 cm³/mol. The maximum atomic E-state index is 12.7. The highest BCUT2D eigenvalue weighted by atomic mass is 16.1. The second-order valence-corrected chi connectivity index (χ2v) is 7.33. The molecule has 1 N–H and O–H groups in total. The van der Waals surface area contributed by atoms with E-state index in [1.54, 1.807) is 4.68 Å². The summed E-state index contributed by atoms with van der Waals surface area (Å²) in [5.41, 5.74) is 0.895. The molecule has 1 aliphatic heterocycles. The van der Waals surface area contributed by atoms with Crippen molar-refractivity contribution in [3.8, 4) is 5.69 Å². The maximum absolute atomic E-state index is 12.7. The second kappa shape index (κ2) is 7.95. The van der Waals surface area contributed by atoms with E-state index in [0.29, 0.717) is 18.4 Å². The fourth-order valence-electron chi connectivity index (χ4n) is 4.22. The van der Waals surface area contributed by atoms with Crippen molar-refractivity contribution in [3.05, 3.63) is 36.2 Å². The van der Waals surface area contributed by atoms with Crippen LogP contribution in [0.3, 0.4) is 0 Å². The minimum absolute atomic E-state index is 0.0744. The lowest BCUT2D eigenvalue weighted by Gasteiger charge is -2.36. The largest absolute Gasteiger partial charge is 0.348 e. The summed E-state index contributed by atoms with van der Waals surface area (Å²) in [4.78, 5) is 15.2. The summed E-state index contributed by atoms with van der Waals surface area (Å²) in [6.45, 7) is 2.38. The number of likely N-dealkylation sites (tertiary alicyclic amines) is 1. The highest BCUT2D eigenvalue weighted by Crippen LogP contribution is 2.28. The van der Waals surface area contributed by atoms with E-state index in [1.807, 2.05) is 30.3 Å². The highest BCUT2D eigenvalue weighted by molar-refractivity contribution is 5.78. The molecular formula is C19H26N6O. The molecule has 1 saturated carbocycles. The molecule has 0 unspecified atom stereocenters. The van der Waals surface area contributed by atoms with Gasteiger partial charge in [-0.2, -0.15) is 4.68 Å². The molecule has 0 spiro atoms. The van der Waals surface area contributed by atoms with Gasteiger partial charge in [0.1, 0.15) is 0 Å². The SMILES string of the molecule is O=C(NCc1nnnn1-c1ccccc1)[C@H]1CCCN(C2CCCC2)C1. The van der Waals surface area contributed by atoms with E-state index in [0.717, 1.165) is 31.6 Å². The van der Waals surface area contributed by atoms with E-state index in [2.05, 4.69) is 25.7 Å². The molecule has 26 heavy (non-hydrogen) atoms. The molecule has 1 aliphatic carbocycles. The number of aromatic nitrogens is 4. The average Bonchev–Trinajstić information content (AvgIpc) is 3.39. The Morgan fingerprint density at radius 2 is 1.92 bits per heavy atom. The Labute approximate surface area is 153 Å². The predicted octanol–water partition coefficient (Wildman–Crippen LogP) is 1.93. The van der Waals surface area contributed by atoms with Gasteiger partial charge in [-0.25, -0.2) is 0 Å². The van der Waals surface area contributed by atoms with Crippen LogP contribution in [0.25, 0.3) is 5.69 Å². The normalized spacial score (nSPS) is 21.8. The molecule has 4 rings (SSSR count). The number of hydrogen-bond acceptors (Lipinski definition) is 5. The molecular weight excluding hydrogens is 328 g/mol. The van der Waals surface area contributed by atoms with Crippen molar-refractivity contribution in [1.29, 1.82) is 0 Å². The van der Waals surface area contributed by atoms with Gasteiger partial charge in [0.15, 0.2) is 5.82 Å². The van der Waals surface area contributed by atoms with Crippen molar-refractivity contribution in [2.24, 2.45) is 5.92 Å². The minimum Gasteiger partial charge on any atom is -0.348 e. The van der Waals surface area contributed by atoms with Gasteiger partial charge >= 0.3 is 0 Å². The fraction of sp³-hybridized carbons (Fsp3) is 0.579. The van der Waals surface area contributed by atoms with E-state index in [4.69, 9.17) is 0 Å². The molecule has 7 heteroatoms. The summed E-state index contributed by atoms with van der Waals surface area (Å²) in [6.07, 6.45) is 7.33. The number of amides is 1. The second-order valence-electron chi connectivity index (χ2n) is 7.33. The monoisotopic (exact) mass is 354 g/mol. The van der Waals surface area contributed by atoms with E-state index >= 15 is 0 Å². The zero-order valence-electron chi connectivity index (χ0n) is 15.0. The molecule has 0 radical (unpaired) electrons. The molecule has 1 aromatic heterocycles. The number of carbonyl (C=O) groups is 1. The number of rotatable bonds is 5. The lowest BCUT2D eigenvalue weighted by molar-refractivity contribution is -0.127. The van der Waals surface area contributed by atoms with Crippen LogP contribution in [0.15, 0.2) is 30.3 Å². The first-order chi connectivity index (χ1) is 12.8. The number of nitrogens with zero attached hydrogens (tertiary/aromatic N) is 5. The zero-order valence-corrected chi connectivity index (χ0v) is 15.0. The number of hydrogen-bond donors (Lipinski definition) is 1. The molecule has 7 nitrogen and oxygen atoms in total. The van der Waals surface area contributed by atoms with Gasteiger partial charge < -0.3 is 5.32 Å². The van der Waals surface area contributed by atoms with Crippen LogP contribution in [0, 0.1) is 5.92 Å². The first-order valence-corrected chi connectivity index (χ1v) is 9.66. The maximum Gasteiger partial charge on any atom is 0.224 e. The number of benzene rings is 1. The molecule has 2 aromatic rings. The number of carbonyl (C=O) groups excluding carboxylic acids is 1. The van der Waals surface area contributed by atoms with Gasteiger partial charge in [-0.15, -0.1) is 5.10 Å². The molecule has 1 atom stereocenters. The van der Waals surface area contributed by atoms with Crippen molar-refractivity contribution >= 4 is 5.91 Å². The van der Waals surface area contributed by atoms with Crippen LogP contribution in [-0.4, -0.2) is 50.1 Å². The third-order valence-electron chi connectivity index (χ3n) is 5.62. The van der Waals surface area contributed by atoms with Crippen molar-refractivity contribution in [2.75, 3.05) is 13.1 Å². The number of para-hydroxylation sites is 1. The van der Waals surface area contributed by atoms with Crippen LogP contribution in [0.2, 0.25) is 0 Å². The number of nitrogens with one attached hydrogen (secondary N) is 1. The first-order valence-electron chi connectivity index (χ1n) is 9.66. The van der Waals surface area contributed by atoms with Crippen LogP contribution in [0.5, 0.6) is 0 Å². The molecule has 2 heterocycles. The summed E-state index contributed by atoms with van der Waals surface area (Å²) >= 11 is 0. The third kappa shape index (κ3) is 3.77. The summed E-state index contributed by atoms with van der Waals surface area (Å²) in [5, 5.41) is 14.9. The van der Waals surface area contributed by atoms with E-state index in [1.165, 1.54) is 25.7 Å². The lowest BCUT2D eigenvalue weighted by atomic mass is 9.95. The molecule has 138 valence electrons. The molecule has 2 fully saturated rings. The van der Waals surface area contributed by atoms with Crippen LogP contribution in [-0.2, 0) is 11.3 Å². The van der Waals surface area contributed by atoms with Crippen molar-refractivity contribution in [1.82, 2.24) is 30.4 Å². The summed E-state index contributed by atoms with van der Waals surface area (Å²) in [7, 11) is 0. The van der Waals surface area contributed by atoms with Gasteiger partial charge in [0.05, 0.1) is 18.2 Å². The summed E-state index contributed by atoms with van der Waals surface area (Å²) in [5.74, 6) is 0.841. The first kappa shape index (κ1) is 17.1. The Kier molecular flexibility index (Phi) is 5.24. The topological polar surface area (TPSA) is 75.9 Å². The molecule has 1 aromatic carbocycles. The Morgan fingerprint density at radius 1 is 1.12 bits per heavy atom. The Balaban J connectivity index is 1.35. The van der Waals surface area contributed by atoms with Crippen molar-refractivity contribution in [2.45, 2.75) is 51.1 Å². The van der Waals surface area contributed by atoms with Gasteiger partial charge in [0.25, 0.3) is 0 Å². The molecule has 1 amide bonds. The van der Waals surface area contributed by atoms with E-state index < -0.39 is 0 Å². The van der Waals surface area contributed by atoms with Gasteiger partial charge in [-0.1, -0.05) is 31.0 Å². The molecule has 0 bridgehead atoms. The highest BCUT2D eigenvalue weighted by Gasteiger charge is 2.31. The van der Waals surface area contributed by atoms with E-state index in [9.17, 15) is 4.79 Å². The van der Waals surface area contributed by atoms with Crippen LogP contribution in [0.1, 0.15) is 44.3 Å². The van der Waals surface area contributed by atoms with Crippen LogP contribution in [0.4, 0.5) is 0 Å². The quantitative estimate of drug-likeness (QED) is 0.888.